The van der Waals surface area contributed by atoms with Gasteiger partial charge >= 0.3 is 0 Å². The minimum atomic E-state index is -0.188. The molecule has 2 aliphatic heterocycles. The van der Waals surface area contributed by atoms with Gasteiger partial charge in [-0.05, 0) is 42.7 Å². The molecule has 144 valence electrons. The molecule has 3 heterocycles. The molecule has 2 fully saturated rings. The van der Waals surface area contributed by atoms with Gasteiger partial charge in [0.25, 0.3) is 0 Å². The van der Waals surface area contributed by atoms with E-state index in [4.69, 9.17) is 0 Å². The number of piperidine rings is 1. The molecular weight excluding hydrogens is 352 g/mol. The number of aliphatic hydroxyl groups is 2. The first kappa shape index (κ1) is 19.5. The van der Waals surface area contributed by atoms with Gasteiger partial charge in [0.1, 0.15) is 0 Å². The highest BCUT2D eigenvalue weighted by Crippen LogP contribution is 2.26. The molecule has 2 atom stereocenters. The number of likely N-dealkylation sites (tertiary alicyclic amines) is 2. The molecule has 0 aliphatic carbocycles. The van der Waals surface area contributed by atoms with Crippen LogP contribution in [0.2, 0.25) is 0 Å². The number of amides is 1. The van der Waals surface area contributed by atoms with Crippen molar-refractivity contribution in [2.45, 2.75) is 32.3 Å². The van der Waals surface area contributed by atoms with Gasteiger partial charge in [-0.15, -0.1) is 11.3 Å². The summed E-state index contributed by atoms with van der Waals surface area (Å²) in [5.74, 6) is 0.477. The average Bonchev–Trinajstić information content (AvgIpc) is 3.24. The Morgan fingerprint density at radius 2 is 1.92 bits per heavy atom. The Kier molecular flexibility index (Phi) is 6.45. The highest BCUT2D eigenvalue weighted by atomic mass is 32.1. The maximum absolute atomic E-state index is 12.7. The summed E-state index contributed by atoms with van der Waals surface area (Å²) in [4.78, 5) is 28.9. The number of Topliss-reactive ketones (excluding diaryl/α,β-unsaturated/α-hetero) is 1. The summed E-state index contributed by atoms with van der Waals surface area (Å²) in [7, 11) is 0. The van der Waals surface area contributed by atoms with Crippen LogP contribution in [0.15, 0.2) is 11.4 Å². The summed E-state index contributed by atoms with van der Waals surface area (Å²) in [5.41, 5.74) is 0.888. The first-order valence-electron chi connectivity index (χ1n) is 9.33. The van der Waals surface area contributed by atoms with Crippen LogP contribution in [0.4, 0.5) is 0 Å². The van der Waals surface area contributed by atoms with Crippen LogP contribution in [0.3, 0.4) is 0 Å². The van der Waals surface area contributed by atoms with Gasteiger partial charge in [0.15, 0.2) is 5.78 Å². The highest BCUT2D eigenvalue weighted by molar-refractivity contribution is 7.12. The summed E-state index contributed by atoms with van der Waals surface area (Å²) < 4.78 is 0. The Bertz CT molecular complexity index is 639. The Labute approximate surface area is 158 Å². The predicted molar refractivity (Wildman–Crippen MR) is 100 cm³/mol. The molecule has 0 radical (unpaired) electrons. The zero-order chi connectivity index (χ0) is 18.7. The van der Waals surface area contributed by atoms with E-state index in [0.717, 1.165) is 38.0 Å². The van der Waals surface area contributed by atoms with Crippen LogP contribution in [-0.4, -0.2) is 77.1 Å². The Morgan fingerprint density at radius 3 is 2.54 bits per heavy atom. The van der Waals surface area contributed by atoms with Gasteiger partial charge in [-0.25, -0.2) is 0 Å². The molecule has 0 spiro atoms. The van der Waals surface area contributed by atoms with E-state index < -0.39 is 0 Å². The van der Waals surface area contributed by atoms with Crippen molar-refractivity contribution in [2.24, 2.45) is 11.8 Å². The van der Waals surface area contributed by atoms with Crippen LogP contribution < -0.4 is 0 Å². The fraction of sp³-hybridized carbons (Fsp3) is 0.684. The molecule has 6 nitrogen and oxygen atoms in total. The zero-order valence-electron chi connectivity index (χ0n) is 15.3. The molecule has 0 aromatic carbocycles. The predicted octanol–water partition coefficient (Wildman–Crippen LogP) is 1.02. The lowest BCUT2D eigenvalue weighted by Crippen LogP contribution is -2.40. The van der Waals surface area contributed by atoms with E-state index in [1.54, 1.807) is 6.07 Å². The van der Waals surface area contributed by atoms with Crippen LogP contribution >= 0.6 is 11.3 Å². The summed E-state index contributed by atoms with van der Waals surface area (Å²) in [6.45, 7) is 5.53. The van der Waals surface area contributed by atoms with E-state index in [1.165, 1.54) is 18.3 Å². The van der Waals surface area contributed by atoms with Crippen molar-refractivity contribution >= 4 is 23.0 Å². The van der Waals surface area contributed by atoms with Crippen LogP contribution in [0.25, 0.3) is 0 Å². The number of carbonyl (C=O) groups is 2. The minimum absolute atomic E-state index is 0.0296. The molecule has 0 unspecified atom stereocenters. The van der Waals surface area contributed by atoms with E-state index in [9.17, 15) is 19.8 Å². The lowest BCUT2D eigenvalue weighted by Gasteiger charge is -2.32. The normalized spacial score (nSPS) is 25.0. The molecule has 1 aromatic rings. The Morgan fingerprint density at radius 1 is 1.23 bits per heavy atom. The van der Waals surface area contributed by atoms with Crippen molar-refractivity contribution in [3.63, 3.8) is 0 Å². The summed E-state index contributed by atoms with van der Waals surface area (Å²) >= 11 is 1.38. The van der Waals surface area contributed by atoms with E-state index in [1.807, 2.05) is 10.3 Å². The van der Waals surface area contributed by atoms with Crippen LogP contribution in [0, 0.1) is 11.8 Å². The second-order valence-corrected chi connectivity index (χ2v) is 8.50. The molecule has 0 bridgehead atoms. The molecule has 2 N–H and O–H groups in total. The molecule has 1 amide bonds. The van der Waals surface area contributed by atoms with Gasteiger partial charge in [-0.2, -0.15) is 0 Å². The lowest BCUT2D eigenvalue weighted by atomic mass is 9.95. The Balaban J connectivity index is 1.55. The molecule has 2 aliphatic rings. The number of thiophene rings is 1. The largest absolute Gasteiger partial charge is 0.396 e. The van der Waals surface area contributed by atoms with Gasteiger partial charge in [0, 0.05) is 45.2 Å². The number of rotatable bonds is 6. The maximum atomic E-state index is 12.7. The molecule has 26 heavy (non-hydrogen) atoms. The van der Waals surface area contributed by atoms with Crippen molar-refractivity contribution in [3.05, 3.63) is 21.9 Å². The van der Waals surface area contributed by atoms with Gasteiger partial charge in [0.2, 0.25) is 5.91 Å². The van der Waals surface area contributed by atoms with E-state index in [0.29, 0.717) is 24.4 Å². The fourth-order valence-electron chi connectivity index (χ4n) is 3.93. The van der Waals surface area contributed by atoms with Crippen molar-refractivity contribution < 1.29 is 19.8 Å². The molecule has 1 aromatic heterocycles. The number of hydrogen-bond acceptors (Lipinski definition) is 6. The van der Waals surface area contributed by atoms with Crippen LogP contribution in [0.5, 0.6) is 0 Å². The van der Waals surface area contributed by atoms with Crippen molar-refractivity contribution in [3.8, 4) is 0 Å². The second kappa shape index (κ2) is 8.61. The number of nitrogens with zero attached hydrogens (tertiary/aromatic N) is 2. The quantitative estimate of drug-likeness (QED) is 0.720. The minimum Gasteiger partial charge on any atom is -0.396 e. The molecular formula is C19H28N2O4S. The Hall–Kier alpha value is -1.28. The third-order valence-electron chi connectivity index (χ3n) is 5.57. The topological polar surface area (TPSA) is 81.1 Å². The SMILES string of the molecule is CC(=O)c1cc(CC(=O)N2C[C@@H](CO)[C@@H](CN3CCC(O)CC3)C2)cs1. The highest BCUT2D eigenvalue weighted by Gasteiger charge is 2.36. The lowest BCUT2D eigenvalue weighted by molar-refractivity contribution is -0.129. The first-order chi connectivity index (χ1) is 12.5. The molecule has 2 saturated heterocycles. The number of aliphatic hydroxyl groups excluding tert-OH is 2. The van der Waals surface area contributed by atoms with Gasteiger partial charge < -0.3 is 20.0 Å². The van der Waals surface area contributed by atoms with E-state index >= 15 is 0 Å². The molecule has 7 heteroatoms. The van der Waals surface area contributed by atoms with Crippen molar-refractivity contribution in [1.82, 2.24) is 9.80 Å². The zero-order valence-corrected chi connectivity index (χ0v) is 16.1. The maximum Gasteiger partial charge on any atom is 0.227 e. The van der Waals surface area contributed by atoms with Crippen molar-refractivity contribution in [2.75, 3.05) is 39.3 Å². The van der Waals surface area contributed by atoms with Gasteiger partial charge in [-0.1, -0.05) is 0 Å². The molecule has 3 rings (SSSR count). The van der Waals surface area contributed by atoms with E-state index in [2.05, 4.69) is 4.90 Å². The van der Waals surface area contributed by atoms with Gasteiger partial charge in [-0.3, -0.25) is 9.59 Å². The first-order valence-corrected chi connectivity index (χ1v) is 10.2. The fourth-order valence-corrected chi connectivity index (χ4v) is 4.74. The summed E-state index contributed by atoms with van der Waals surface area (Å²) in [6, 6.07) is 1.81. The third-order valence-corrected chi connectivity index (χ3v) is 6.65. The molecule has 0 saturated carbocycles. The summed E-state index contributed by atoms with van der Waals surface area (Å²) in [5, 5.41) is 21.2. The number of ketones is 1. The van der Waals surface area contributed by atoms with Crippen molar-refractivity contribution in [1.29, 1.82) is 0 Å². The third kappa shape index (κ3) is 4.71. The van der Waals surface area contributed by atoms with Crippen LogP contribution in [0.1, 0.15) is 35.0 Å². The monoisotopic (exact) mass is 380 g/mol. The second-order valence-electron chi connectivity index (χ2n) is 7.59. The van der Waals surface area contributed by atoms with Gasteiger partial charge in [0.05, 0.1) is 17.4 Å². The smallest absolute Gasteiger partial charge is 0.227 e. The summed E-state index contributed by atoms with van der Waals surface area (Å²) in [6.07, 6.45) is 1.72. The average molecular weight is 381 g/mol. The number of hydrogen-bond donors (Lipinski definition) is 2. The number of carbonyl (C=O) groups excluding carboxylic acids is 2. The van der Waals surface area contributed by atoms with E-state index in [-0.39, 0.29) is 36.2 Å². The standard InChI is InChI=1S/C19H28N2O4S/c1-13(23)18-6-14(12-26-18)7-19(25)21-9-15(16(10-21)11-22)8-20-4-2-17(24)3-5-20/h6,12,15-17,22,24H,2-5,7-11H2,1H3/t15-,16-/m0/s1. The van der Waals surface area contributed by atoms with Crippen LogP contribution in [-0.2, 0) is 11.2 Å².